The predicted molar refractivity (Wildman–Crippen MR) is 137 cm³/mol. The fraction of sp³-hybridized carbons (Fsp3) is 0.308. The number of fused-ring (bicyclic) bond motifs is 2. The van der Waals surface area contributed by atoms with Gasteiger partial charge in [-0.3, -0.25) is 0 Å². The van der Waals surface area contributed by atoms with Gasteiger partial charge in [0.1, 0.15) is 17.5 Å². The lowest BCUT2D eigenvalue weighted by Crippen LogP contribution is -2.17. The van der Waals surface area contributed by atoms with E-state index >= 15 is 0 Å². The average Bonchev–Trinajstić information content (AvgIpc) is 3.23. The lowest BCUT2D eigenvalue weighted by molar-refractivity contribution is 0.189. The summed E-state index contributed by atoms with van der Waals surface area (Å²) in [6.45, 7) is 1.94. The quantitative estimate of drug-likeness (QED) is 0.332. The number of benzene rings is 1. The number of pyridine rings is 1. The highest BCUT2D eigenvalue weighted by Gasteiger charge is 2.47. The number of hydrogen-bond donors (Lipinski definition) is 3. The van der Waals surface area contributed by atoms with Gasteiger partial charge in [-0.15, -0.1) is 0 Å². The van der Waals surface area contributed by atoms with Crippen molar-refractivity contribution >= 4 is 27.0 Å². The lowest BCUT2D eigenvalue weighted by atomic mass is 10.1. The maximum Gasteiger partial charge on any atom is 0.245 e. The normalized spacial score (nSPS) is 21.1. The molecule has 6 rings (SSSR count). The molecule has 10 nitrogen and oxygen atoms in total. The minimum absolute atomic E-state index is 0.0632. The standard InChI is InChI=1S/C26H25N7O3S/c1-15(16-2-7-22(8-3-16)37(27,34)35)30-26-32-23-9-6-19(4-5-20-13-28-14-29-20)31-24(23)25(33-26)36-21-11-17-10-18(17)12-21/h2-3,6-9,13-15,17-18,21H,10-12H2,1H3,(H,28,29)(H2,27,34,35)(H,30,32,33)/t15-,17+,18?,21?/m1/s1. The molecule has 2 fully saturated rings. The Labute approximate surface area is 214 Å². The van der Waals surface area contributed by atoms with E-state index in [-0.39, 0.29) is 17.0 Å². The molecule has 0 radical (unpaired) electrons. The Morgan fingerprint density at radius 3 is 2.54 bits per heavy atom. The van der Waals surface area contributed by atoms with E-state index in [0.29, 0.717) is 34.2 Å². The van der Waals surface area contributed by atoms with Gasteiger partial charge in [0, 0.05) is 0 Å². The van der Waals surface area contributed by atoms with Crippen LogP contribution in [0, 0.1) is 23.7 Å². The van der Waals surface area contributed by atoms with Gasteiger partial charge in [0.2, 0.25) is 21.9 Å². The fourth-order valence-corrected chi connectivity index (χ4v) is 5.31. The Balaban J connectivity index is 1.30. The van der Waals surface area contributed by atoms with Crippen molar-refractivity contribution in [3.05, 3.63) is 65.9 Å². The second-order valence-electron chi connectivity index (χ2n) is 9.58. The summed E-state index contributed by atoms with van der Waals surface area (Å²) < 4.78 is 29.5. The van der Waals surface area contributed by atoms with Gasteiger partial charge in [-0.05, 0) is 79.7 Å². The molecule has 4 aromatic rings. The van der Waals surface area contributed by atoms with Crippen LogP contribution in [0.15, 0.2) is 53.8 Å². The summed E-state index contributed by atoms with van der Waals surface area (Å²) in [5.41, 5.74) is 3.34. The number of aromatic amines is 1. The molecule has 4 atom stereocenters. The number of anilines is 1. The number of hydrogen-bond acceptors (Lipinski definition) is 8. The molecule has 37 heavy (non-hydrogen) atoms. The minimum atomic E-state index is -3.75. The van der Waals surface area contributed by atoms with E-state index in [1.54, 1.807) is 24.7 Å². The summed E-state index contributed by atoms with van der Waals surface area (Å²) in [5, 5.41) is 8.51. The SMILES string of the molecule is C[C@@H](Nc1nc(OC2CC3C[C@H]3C2)c2nc(C#Cc3cnc[nH]3)ccc2n1)c1ccc(S(N)(=O)=O)cc1. The molecule has 3 heterocycles. The van der Waals surface area contributed by atoms with Crippen molar-refractivity contribution in [2.75, 3.05) is 5.32 Å². The molecule has 11 heteroatoms. The summed E-state index contributed by atoms with van der Waals surface area (Å²) in [6.07, 6.45) is 6.70. The summed E-state index contributed by atoms with van der Waals surface area (Å²) in [5.74, 6) is 8.41. The van der Waals surface area contributed by atoms with Gasteiger partial charge < -0.3 is 15.0 Å². The first-order valence-electron chi connectivity index (χ1n) is 12.1. The van der Waals surface area contributed by atoms with E-state index in [2.05, 4.69) is 32.1 Å². The number of primary sulfonamides is 1. The average molecular weight is 516 g/mol. The van der Waals surface area contributed by atoms with Crippen molar-refractivity contribution in [3.63, 3.8) is 0 Å². The number of ether oxygens (including phenoxy) is 1. The highest BCUT2D eigenvalue weighted by molar-refractivity contribution is 7.89. The first kappa shape index (κ1) is 23.4. The number of H-pyrrole nitrogens is 1. The first-order valence-corrected chi connectivity index (χ1v) is 13.6. The molecular weight excluding hydrogens is 490 g/mol. The number of imidazole rings is 1. The van der Waals surface area contributed by atoms with Gasteiger partial charge in [-0.2, -0.15) is 4.98 Å². The van der Waals surface area contributed by atoms with Crippen LogP contribution < -0.4 is 15.2 Å². The highest BCUT2D eigenvalue weighted by Crippen LogP contribution is 2.52. The smallest absolute Gasteiger partial charge is 0.245 e. The molecule has 2 saturated carbocycles. The van der Waals surface area contributed by atoms with Crippen molar-refractivity contribution < 1.29 is 13.2 Å². The molecule has 188 valence electrons. The van der Waals surface area contributed by atoms with Crippen molar-refractivity contribution in [1.29, 1.82) is 0 Å². The zero-order chi connectivity index (χ0) is 25.6. The Morgan fingerprint density at radius 1 is 1.05 bits per heavy atom. The van der Waals surface area contributed by atoms with Crippen LogP contribution in [0.5, 0.6) is 5.88 Å². The monoisotopic (exact) mass is 515 g/mol. The van der Waals surface area contributed by atoms with Crippen LogP contribution in [-0.4, -0.2) is 39.4 Å². The molecule has 4 N–H and O–H groups in total. The number of nitrogens with one attached hydrogen (secondary N) is 2. The molecule has 1 aromatic carbocycles. The molecule has 0 saturated heterocycles. The van der Waals surface area contributed by atoms with Crippen LogP contribution in [-0.2, 0) is 10.0 Å². The van der Waals surface area contributed by atoms with Crippen LogP contribution in [0.25, 0.3) is 11.0 Å². The van der Waals surface area contributed by atoms with Crippen LogP contribution in [0.4, 0.5) is 5.95 Å². The van der Waals surface area contributed by atoms with Gasteiger partial charge in [0.15, 0.2) is 5.52 Å². The number of nitrogens with two attached hydrogens (primary N) is 1. The zero-order valence-electron chi connectivity index (χ0n) is 20.0. The Bertz CT molecular complexity index is 1620. The minimum Gasteiger partial charge on any atom is -0.473 e. The van der Waals surface area contributed by atoms with E-state index in [4.69, 9.17) is 19.8 Å². The molecular formula is C26H25N7O3S. The van der Waals surface area contributed by atoms with Crippen LogP contribution >= 0.6 is 0 Å². The summed E-state index contributed by atoms with van der Waals surface area (Å²) >= 11 is 0. The molecule has 2 aliphatic rings. The van der Waals surface area contributed by atoms with E-state index in [1.807, 2.05) is 19.1 Å². The Hall–Kier alpha value is -4.01. The second kappa shape index (κ2) is 9.14. The molecule has 2 aliphatic carbocycles. The third kappa shape index (κ3) is 5.12. The Morgan fingerprint density at radius 2 is 1.84 bits per heavy atom. The number of rotatable bonds is 6. The van der Waals surface area contributed by atoms with E-state index < -0.39 is 10.0 Å². The number of nitrogens with zero attached hydrogens (tertiary/aromatic N) is 4. The highest BCUT2D eigenvalue weighted by atomic mass is 32.2. The molecule has 0 amide bonds. The van der Waals surface area contributed by atoms with E-state index in [1.165, 1.54) is 18.6 Å². The topological polar surface area (TPSA) is 149 Å². The Kier molecular flexibility index (Phi) is 5.78. The van der Waals surface area contributed by atoms with Crippen molar-refractivity contribution in [2.24, 2.45) is 17.0 Å². The van der Waals surface area contributed by atoms with Gasteiger partial charge in [-0.25, -0.2) is 28.5 Å². The third-order valence-electron chi connectivity index (χ3n) is 6.87. The zero-order valence-corrected chi connectivity index (χ0v) is 20.9. The van der Waals surface area contributed by atoms with Gasteiger partial charge in [0.05, 0.1) is 29.0 Å². The van der Waals surface area contributed by atoms with Crippen LogP contribution in [0.3, 0.4) is 0 Å². The summed E-state index contributed by atoms with van der Waals surface area (Å²) in [6, 6.07) is 9.87. The summed E-state index contributed by atoms with van der Waals surface area (Å²) in [7, 11) is -3.75. The predicted octanol–water partition coefficient (Wildman–Crippen LogP) is 3.15. The molecule has 0 aliphatic heterocycles. The first-order chi connectivity index (χ1) is 17.8. The molecule has 3 aromatic heterocycles. The molecule has 2 unspecified atom stereocenters. The van der Waals surface area contributed by atoms with Crippen LogP contribution in [0.2, 0.25) is 0 Å². The van der Waals surface area contributed by atoms with Crippen LogP contribution in [0.1, 0.15) is 49.2 Å². The van der Waals surface area contributed by atoms with Crippen molar-refractivity contribution in [3.8, 4) is 17.7 Å². The van der Waals surface area contributed by atoms with Gasteiger partial charge in [-0.1, -0.05) is 12.1 Å². The summed E-state index contributed by atoms with van der Waals surface area (Å²) in [4.78, 5) is 21.1. The van der Waals surface area contributed by atoms with Gasteiger partial charge >= 0.3 is 0 Å². The number of aromatic nitrogens is 5. The molecule has 0 bridgehead atoms. The fourth-order valence-electron chi connectivity index (χ4n) is 4.80. The van der Waals surface area contributed by atoms with E-state index in [0.717, 1.165) is 30.2 Å². The second-order valence-corrected chi connectivity index (χ2v) is 11.1. The van der Waals surface area contributed by atoms with E-state index in [9.17, 15) is 8.42 Å². The molecule has 0 spiro atoms. The largest absolute Gasteiger partial charge is 0.473 e. The maximum atomic E-state index is 11.6. The lowest BCUT2D eigenvalue weighted by Gasteiger charge is -2.18. The van der Waals surface area contributed by atoms with Crippen molar-refractivity contribution in [2.45, 2.75) is 43.2 Å². The van der Waals surface area contributed by atoms with Crippen molar-refractivity contribution in [1.82, 2.24) is 24.9 Å². The maximum absolute atomic E-state index is 11.6. The van der Waals surface area contributed by atoms with Gasteiger partial charge in [0.25, 0.3) is 0 Å². The third-order valence-corrected chi connectivity index (χ3v) is 7.80. The number of sulfonamides is 1.